The molecule has 0 aliphatic heterocycles. The molecular formula is C22H32N2O. The molecule has 1 N–H and O–H groups in total. The molecule has 0 aromatic heterocycles. The minimum absolute atomic E-state index is 0.265. The number of methoxy groups -OCH3 is 1. The first-order chi connectivity index (χ1) is 12.0. The third kappa shape index (κ3) is 4.60. The molecule has 0 heterocycles. The van der Waals surface area contributed by atoms with Gasteiger partial charge in [0, 0.05) is 24.2 Å². The Bertz CT molecular complexity index is 706. The van der Waals surface area contributed by atoms with Crippen LogP contribution in [0.1, 0.15) is 45.6 Å². The molecule has 0 saturated heterocycles. The maximum atomic E-state index is 8.74. The maximum absolute atomic E-state index is 8.74. The molecule has 3 heteroatoms. The van der Waals surface area contributed by atoms with E-state index < -0.39 is 0 Å². The molecule has 1 atom stereocenters. The molecule has 0 fully saturated rings. The quantitative estimate of drug-likeness (QED) is 0.624. The van der Waals surface area contributed by atoms with Crippen LogP contribution in [0.15, 0.2) is 36.4 Å². The molecular weight excluding hydrogens is 308 g/mol. The first-order valence-electron chi connectivity index (χ1n) is 9.40. The lowest BCUT2D eigenvalue weighted by Gasteiger charge is -2.30. The van der Waals surface area contributed by atoms with E-state index in [1.807, 2.05) is 12.1 Å². The molecule has 2 aromatic carbocycles. The smallest absolute Gasteiger partial charge is 0.119 e. The number of hydrogen-bond acceptors (Lipinski definition) is 3. The average molecular weight is 341 g/mol. The molecule has 136 valence electrons. The van der Waals surface area contributed by atoms with E-state index in [1.54, 1.807) is 7.11 Å². The summed E-state index contributed by atoms with van der Waals surface area (Å²) in [7, 11) is 3.88. The number of hydrogen-bond donors (Lipinski definition) is 1. The van der Waals surface area contributed by atoms with Crippen molar-refractivity contribution in [2.75, 3.05) is 20.7 Å². The fourth-order valence-electron chi connectivity index (χ4n) is 3.59. The van der Waals surface area contributed by atoms with Gasteiger partial charge in [0.25, 0.3) is 0 Å². The Labute approximate surface area is 152 Å². The highest BCUT2D eigenvalue weighted by atomic mass is 16.5. The number of ether oxygens (including phenoxy) is 1. The molecule has 0 aliphatic carbocycles. The number of nitrogens with one attached hydrogen (secondary N) is 1. The number of rotatable bonds is 9. The highest BCUT2D eigenvalue weighted by Gasteiger charge is 2.20. The van der Waals surface area contributed by atoms with Crippen LogP contribution in [0, 0.1) is 11.3 Å². The third-order valence-corrected chi connectivity index (χ3v) is 5.33. The summed E-state index contributed by atoms with van der Waals surface area (Å²) in [5.74, 6) is 1.13. The molecule has 0 spiro atoms. The second-order valence-electron chi connectivity index (χ2n) is 6.86. The first kappa shape index (κ1) is 19.5. The zero-order valence-electron chi connectivity index (χ0n) is 16.3. The SMILES string of the molecule is CCC(CN(C)C(CC)CC)C(=N)c1ccc2cc(OC)ccc2c1. The Morgan fingerprint density at radius 1 is 1.00 bits per heavy atom. The van der Waals surface area contributed by atoms with Crippen molar-refractivity contribution in [1.29, 1.82) is 5.41 Å². The van der Waals surface area contributed by atoms with Gasteiger partial charge in [-0.3, -0.25) is 0 Å². The zero-order valence-corrected chi connectivity index (χ0v) is 16.3. The zero-order chi connectivity index (χ0) is 18.4. The predicted molar refractivity (Wildman–Crippen MR) is 108 cm³/mol. The molecule has 3 nitrogen and oxygen atoms in total. The topological polar surface area (TPSA) is 36.3 Å². The molecule has 0 amide bonds. The number of nitrogens with zero attached hydrogens (tertiary/aromatic N) is 1. The van der Waals surface area contributed by atoms with Crippen LogP contribution in [-0.2, 0) is 0 Å². The van der Waals surface area contributed by atoms with Crippen LogP contribution in [0.25, 0.3) is 10.8 Å². The Kier molecular flexibility index (Phi) is 7.01. The van der Waals surface area contributed by atoms with Gasteiger partial charge >= 0.3 is 0 Å². The van der Waals surface area contributed by atoms with Crippen LogP contribution < -0.4 is 4.74 Å². The highest BCUT2D eigenvalue weighted by Crippen LogP contribution is 2.24. The summed E-state index contributed by atoms with van der Waals surface area (Å²) in [6.45, 7) is 7.62. The van der Waals surface area contributed by atoms with E-state index >= 15 is 0 Å². The van der Waals surface area contributed by atoms with Crippen molar-refractivity contribution in [3.8, 4) is 5.75 Å². The van der Waals surface area contributed by atoms with Crippen molar-refractivity contribution in [3.63, 3.8) is 0 Å². The predicted octanol–water partition coefficient (Wildman–Crippen LogP) is 5.36. The van der Waals surface area contributed by atoms with Crippen LogP contribution >= 0.6 is 0 Å². The molecule has 0 bridgehead atoms. The molecule has 2 rings (SSSR count). The van der Waals surface area contributed by atoms with Gasteiger partial charge in [-0.05, 0) is 60.8 Å². The Hall–Kier alpha value is -1.87. The van der Waals surface area contributed by atoms with E-state index in [9.17, 15) is 0 Å². The van der Waals surface area contributed by atoms with Gasteiger partial charge in [0.1, 0.15) is 5.75 Å². The Morgan fingerprint density at radius 3 is 2.24 bits per heavy atom. The maximum Gasteiger partial charge on any atom is 0.119 e. The van der Waals surface area contributed by atoms with Crippen molar-refractivity contribution in [2.24, 2.45) is 5.92 Å². The van der Waals surface area contributed by atoms with Gasteiger partial charge in [0.15, 0.2) is 0 Å². The van der Waals surface area contributed by atoms with E-state index in [2.05, 4.69) is 57.0 Å². The molecule has 0 radical (unpaired) electrons. The van der Waals surface area contributed by atoms with Crippen LogP contribution in [-0.4, -0.2) is 37.4 Å². The highest BCUT2D eigenvalue weighted by molar-refractivity contribution is 6.03. The van der Waals surface area contributed by atoms with Crippen molar-refractivity contribution >= 4 is 16.5 Å². The lowest BCUT2D eigenvalue weighted by molar-refractivity contribution is 0.212. The summed E-state index contributed by atoms with van der Waals surface area (Å²) < 4.78 is 5.30. The summed E-state index contributed by atoms with van der Waals surface area (Å²) in [6.07, 6.45) is 3.31. The molecule has 1 unspecified atom stereocenters. The van der Waals surface area contributed by atoms with Crippen molar-refractivity contribution < 1.29 is 4.74 Å². The van der Waals surface area contributed by atoms with Gasteiger partial charge in [-0.2, -0.15) is 0 Å². The third-order valence-electron chi connectivity index (χ3n) is 5.33. The van der Waals surface area contributed by atoms with E-state index in [0.717, 1.165) is 53.6 Å². The van der Waals surface area contributed by atoms with Crippen LogP contribution in [0.5, 0.6) is 5.75 Å². The van der Waals surface area contributed by atoms with Crippen LogP contribution in [0.3, 0.4) is 0 Å². The standard InChI is InChI=1S/C22H32N2O/c1-6-16(15-24(4)20(7-2)8-3)22(23)19-10-9-18-14-21(25-5)12-11-17(18)13-19/h9-14,16,20,23H,6-8,15H2,1-5H3. The van der Waals surface area contributed by atoms with Crippen LogP contribution in [0.2, 0.25) is 0 Å². The molecule has 25 heavy (non-hydrogen) atoms. The number of fused-ring (bicyclic) bond motifs is 1. The number of benzene rings is 2. The summed E-state index contributed by atoms with van der Waals surface area (Å²) >= 11 is 0. The second kappa shape index (κ2) is 9.00. The Morgan fingerprint density at radius 2 is 1.64 bits per heavy atom. The largest absolute Gasteiger partial charge is 0.497 e. The summed E-state index contributed by atoms with van der Waals surface area (Å²) in [5.41, 5.74) is 1.78. The van der Waals surface area contributed by atoms with Gasteiger partial charge < -0.3 is 15.0 Å². The van der Waals surface area contributed by atoms with Gasteiger partial charge in [-0.15, -0.1) is 0 Å². The summed E-state index contributed by atoms with van der Waals surface area (Å²) in [6, 6.07) is 13.0. The van der Waals surface area contributed by atoms with E-state index in [0.29, 0.717) is 6.04 Å². The molecule has 0 saturated carbocycles. The van der Waals surface area contributed by atoms with Gasteiger partial charge in [0.2, 0.25) is 0 Å². The van der Waals surface area contributed by atoms with Gasteiger partial charge in [-0.25, -0.2) is 0 Å². The monoisotopic (exact) mass is 340 g/mol. The van der Waals surface area contributed by atoms with Crippen molar-refractivity contribution in [1.82, 2.24) is 4.90 Å². The lowest BCUT2D eigenvalue weighted by atomic mass is 9.92. The summed E-state index contributed by atoms with van der Waals surface area (Å²) in [4.78, 5) is 2.43. The van der Waals surface area contributed by atoms with E-state index in [4.69, 9.17) is 10.1 Å². The van der Waals surface area contributed by atoms with Gasteiger partial charge in [-0.1, -0.05) is 39.0 Å². The van der Waals surface area contributed by atoms with Crippen molar-refractivity contribution in [3.05, 3.63) is 42.0 Å². The van der Waals surface area contributed by atoms with E-state index in [-0.39, 0.29) is 5.92 Å². The fourth-order valence-corrected chi connectivity index (χ4v) is 3.59. The first-order valence-corrected chi connectivity index (χ1v) is 9.40. The molecule has 0 aliphatic rings. The lowest BCUT2D eigenvalue weighted by Crippen LogP contribution is -2.37. The van der Waals surface area contributed by atoms with Gasteiger partial charge in [0.05, 0.1) is 7.11 Å². The fraction of sp³-hybridized carbons (Fsp3) is 0.500. The summed E-state index contributed by atoms with van der Waals surface area (Å²) in [5, 5.41) is 11.0. The van der Waals surface area contributed by atoms with Crippen LogP contribution in [0.4, 0.5) is 0 Å². The minimum atomic E-state index is 0.265. The second-order valence-corrected chi connectivity index (χ2v) is 6.86. The average Bonchev–Trinajstić information content (AvgIpc) is 2.65. The normalized spacial score (nSPS) is 12.8. The van der Waals surface area contributed by atoms with E-state index in [1.165, 1.54) is 0 Å². The Balaban J connectivity index is 2.20. The van der Waals surface area contributed by atoms with Crippen molar-refractivity contribution in [2.45, 2.75) is 46.1 Å². The minimum Gasteiger partial charge on any atom is -0.497 e. The molecule has 2 aromatic rings.